The van der Waals surface area contributed by atoms with E-state index < -0.39 is 0 Å². The molecule has 0 bridgehead atoms. The van der Waals surface area contributed by atoms with Crippen LogP contribution in [0.5, 0.6) is 0 Å². The van der Waals surface area contributed by atoms with Crippen molar-refractivity contribution in [2.75, 3.05) is 7.05 Å². The number of hydrogen-bond acceptors (Lipinski definition) is 3. The van der Waals surface area contributed by atoms with Crippen molar-refractivity contribution in [1.29, 1.82) is 0 Å². The summed E-state index contributed by atoms with van der Waals surface area (Å²) in [6.45, 7) is 1.95. The molecule has 0 atom stereocenters. The molecule has 23 heavy (non-hydrogen) atoms. The molecule has 0 aliphatic heterocycles. The number of thiazole rings is 1. The standard InChI is InChI=1S/C19H24N2OS/c1-14-18(19(22)21(2)16-11-7-4-8-12-16)23-17(20-14)13-15-9-5-3-6-10-15/h3,5-6,9-10,16H,4,7-8,11-13H2,1-2H3. The third kappa shape index (κ3) is 3.81. The molecule has 0 saturated heterocycles. The molecule has 3 nitrogen and oxygen atoms in total. The van der Waals surface area contributed by atoms with E-state index in [1.54, 1.807) is 11.3 Å². The van der Waals surface area contributed by atoms with Gasteiger partial charge in [-0.1, -0.05) is 49.6 Å². The molecule has 2 aromatic rings. The lowest BCUT2D eigenvalue weighted by molar-refractivity contribution is 0.0700. The van der Waals surface area contributed by atoms with E-state index in [-0.39, 0.29) is 5.91 Å². The maximum Gasteiger partial charge on any atom is 0.265 e. The molecule has 1 fully saturated rings. The van der Waals surface area contributed by atoms with Crippen molar-refractivity contribution in [1.82, 2.24) is 9.88 Å². The van der Waals surface area contributed by atoms with Gasteiger partial charge >= 0.3 is 0 Å². The van der Waals surface area contributed by atoms with E-state index in [4.69, 9.17) is 0 Å². The van der Waals surface area contributed by atoms with Crippen LogP contribution < -0.4 is 0 Å². The van der Waals surface area contributed by atoms with Gasteiger partial charge in [-0.15, -0.1) is 11.3 Å². The third-order valence-electron chi connectivity index (χ3n) is 4.68. The van der Waals surface area contributed by atoms with E-state index in [0.29, 0.717) is 6.04 Å². The molecule has 1 heterocycles. The molecule has 1 amide bonds. The molecule has 1 saturated carbocycles. The molecule has 0 spiro atoms. The molecule has 3 rings (SSSR count). The van der Waals surface area contributed by atoms with Crippen LogP contribution in [0, 0.1) is 6.92 Å². The highest BCUT2D eigenvalue weighted by Gasteiger charge is 2.25. The Hall–Kier alpha value is -1.68. The summed E-state index contributed by atoms with van der Waals surface area (Å²) in [6.07, 6.45) is 6.85. The Balaban J connectivity index is 1.73. The largest absolute Gasteiger partial charge is 0.338 e. The average Bonchev–Trinajstić information content (AvgIpc) is 2.95. The van der Waals surface area contributed by atoms with Crippen LogP contribution in [0.25, 0.3) is 0 Å². The number of nitrogens with zero attached hydrogens (tertiary/aromatic N) is 2. The second kappa shape index (κ2) is 7.26. The summed E-state index contributed by atoms with van der Waals surface area (Å²) in [5.41, 5.74) is 2.11. The molecule has 1 aromatic heterocycles. The summed E-state index contributed by atoms with van der Waals surface area (Å²) >= 11 is 1.55. The van der Waals surface area contributed by atoms with E-state index in [1.807, 2.05) is 37.1 Å². The van der Waals surface area contributed by atoms with Crippen LogP contribution in [-0.2, 0) is 6.42 Å². The van der Waals surface area contributed by atoms with E-state index in [1.165, 1.54) is 24.8 Å². The van der Waals surface area contributed by atoms with Gasteiger partial charge in [-0.3, -0.25) is 4.79 Å². The third-order valence-corrected chi connectivity index (χ3v) is 5.82. The molecular formula is C19H24N2OS. The second-order valence-electron chi connectivity index (χ2n) is 6.39. The van der Waals surface area contributed by atoms with Crippen molar-refractivity contribution in [3.8, 4) is 0 Å². The zero-order valence-electron chi connectivity index (χ0n) is 13.9. The number of hydrogen-bond donors (Lipinski definition) is 0. The smallest absolute Gasteiger partial charge is 0.265 e. The van der Waals surface area contributed by atoms with Gasteiger partial charge in [-0.05, 0) is 25.3 Å². The van der Waals surface area contributed by atoms with Crippen LogP contribution in [0.1, 0.15) is 58.0 Å². The lowest BCUT2D eigenvalue weighted by Crippen LogP contribution is -2.38. The van der Waals surface area contributed by atoms with Gasteiger partial charge < -0.3 is 4.90 Å². The van der Waals surface area contributed by atoms with Crippen LogP contribution in [0.4, 0.5) is 0 Å². The van der Waals surface area contributed by atoms with Crippen molar-refractivity contribution < 1.29 is 4.79 Å². The van der Waals surface area contributed by atoms with Crippen LogP contribution in [0.2, 0.25) is 0 Å². The molecule has 122 valence electrons. The first-order valence-electron chi connectivity index (χ1n) is 8.42. The monoisotopic (exact) mass is 328 g/mol. The van der Waals surface area contributed by atoms with Gasteiger partial charge in [0.15, 0.2) is 0 Å². The summed E-state index contributed by atoms with van der Waals surface area (Å²) in [5.74, 6) is 0.145. The van der Waals surface area contributed by atoms with E-state index in [2.05, 4.69) is 17.1 Å². The van der Waals surface area contributed by atoms with Gasteiger partial charge in [-0.25, -0.2) is 4.98 Å². The summed E-state index contributed by atoms with van der Waals surface area (Å²) < 4.78 is 0. The molecule has 1 aliphatic rings. The molecule has 1 aliphatic carbocycles. The van der Waals surface area contributed by atoms with Gasteiger partial charge in [0.25, 0.3) is 5.91 Å². The Kier molecular flexibility index (Phi) is 5.11. The Labute approximate surface area is 142 Å². The first kappa shape index (κ1) is 16.2. The highest BCUT2D eigenvalue weighted by atomic mass is 32.1. The van der Waals surface area contributed by atoms with Gasteiger partial charge in [0.05, 0.1) is 10.7 Å². The Morgan fingerprint density at radius 1 is 1.22 bits per heavy atom. The first-order chi connectivity index (χ1) is 11.1. The number of amides is 1. The number of rotatable bonds is 4. The maximum atomic E-state index is 12.8. The number of carbonyl (C=O) groups excluding carboxylic acids is 1. The van der Waals surface area contributed by atoms with Gasteiger partial charge in [0.1, 0.15) is 4.88 Å². The molecule has 0 radical (unpaired) electrons. The zero-order valence-corrected chi connectivity index (χ0v) is 14.7. The fourth-order valence-electron chi connectivity index (χ4n) is 3.29. The Morgan fingerprint density at radius 2 is 1.91 bits per heavy atom. The van der Waals surface area contributed by atoms with Gasteiger partial charge in [0, 0.05) is 19.5 Å². The summed E-state index contributed by atoms with van der Waals surface area (Å²) in [4.78, 5) is 20.2. The van der Waals surface area contributed by atoms with Crippen molar-refractivity contribution in [3.63, 3.8) is 0 Å². The normalized spacial score (nSPS) is 15.6. The molecule has 0 N–H and O–H groups in total. The summed E-state index contributed by atoms with van der Waals surface area (Å²) in [7, 11) is 1.95. The van der Waals surface area contributed by atoms with Crippen LogP contribution in [0.15, 0.2) is 30.3 Å². The number of carbonyl (C=O) groups is 1. The van der Waals surface area contributed by atoms with Crippen LogP contribution in [-0.4, -0.2) is 28.9 Å². The highest BCUT2D eigenvalue weighted by Crippen LogP contribution is 2.26. The molecule has 1 aromatic carbocycles. The predicted octanol–water partition coefficient (Wildman–Crippen LogP) is 4.45. The quantitative estimate of drug-likeness (QED) is 0.831. The maximum absolute atomic E-state index is 12.8. The zero-order chi connectivity index (χ0) is 16.2. The Bertz CT molecular complexity index is 659. The van der Waals surface area contributed by atoms with E-state index in [9.17, 15) is 4.79 Å². The summed E-state index contributed by atoms with van der Waals surface area (Å²) in [5, 5.41) is 1.02. The molecular weight excluding hydrogens is 304 g/mol. The number of aryl methyl sites for hydroxylation is 1. The second-order valence-corrected chi connectivity index (χ2v) is 7.48. The number of benzene rings is 1. The molecule has 0 unspecified atom stereocenters. The number of aromatic nitrogens is 1. The SMILES string of the molecule is Cc1nc(Cc2ccccc2)sc1C(=O)N(C)C1CCCCC1. The minimum absolute atomic E-state index is 0.145. The van der Waals surface area contributed by atoms with Gasteiger partial charge in [0.2, 0.25) is 0 Å². The minimum Gasteiger partial charge on any atom is -0.338 e. The van der Waals surface area contributed by atoms with Crippen LogP contribution >= 0.6 is 11.3 Å². The highest BCUT2D eigenvalue weighted by molar-refractivity contribution is 7.13. The average molecular weight is 328 g/mol. The van der Waals surface area contributed by atoms with Crippen molar-refractivity contribution in [3.05, 3.63) is 51.5 Å². The van der Waals surface area contributed by atoms with Gasteiger partial charge in [-0.2, -0.15) is 0 Å². The lowest BCUT2D eigenvalue weighted by Gasteiger charge is -2.31. The Morgan fingerprint density at radius 3 is 2.61 bits per heavy atom. The minimum atomic E-state index is 0.145. The first-order valence-corrected chi connectivity index (χ1v) is 9.24. The fraction of sp³-hybridized carbons (Fsp3) is 0.474. The van der Waals surface area contributed by atoms with Crippen molar-refractivity contribution >= 4 is 17.2 Å². The van der Waals surface area contributed by atoms with Crippen LogP contribution in [0.3, 0.4) is 0 Å². The topological polar surface area (TPSA) is 33.2 Å². The summed E-state index contributed by atoms with van der Waals surface area (Å²) in [6, 6.07) is 10.7. The van der Waals surface area contributed by atoms with Crippen molar-refractivity contribution in [2.24, 2.45) is 0 Å². The molecule has 4 heteroatoms. The lowest BCUT2D eigenvalue weighted by atomic mass is 9.94. The van der Waals surface area contributed by atoms with E-state index >= 15 is 0 Å². The fourth-order valence-corrected chi connectivity index (χ4v) is 4.37. The van der Waals surface area contributed by atoms with E-state index in [0.717, 1.165) is 34.8 Å². The van der Waals surface area contributed by atoms with Crippen molar-refractivity contribution in [2.45, 2.75) is 51.5 Å². The predicted molar refractivity (Wildman–Crippen MR) is 95.1 cm³/mol.